The van der Waals surface area contributed by atoms with Crippen LogP contribution in [0.3, 0.4) is 0 Å². The van der Waals surface area contributed by atoms with Crippen molar-refractivity contribution in [1.29, 1.82) is 0 Å². The van der Waals surface area contributed by atoms with E-state index in [2.05, 4.69) is 39.7 Å². The molecule has 10 nitrogen and oxygen atoms in total. The van der Waals surface area contributed by atoms with Crippen LogP contribution >= 0.6 is 11.3 Å². The topological polar surface area (TPSA) is 123 Å². The van der Waals surface area contributed by atoms with Crippen LogP contribution in [0.4, 0.5) is 10.6 Å². The van der Waals surface area contributed by atoms with E-state index in [1.165, 1.54) is 7.11 Å². The van der Waals surface area contributed by atoms with Crippen LogP contribution in [-0.2, 0) is 16.1 Å². The lowest BCUT2D eigenvalue weighted by Crippen LogP contribution is -2.33. The van der Waals surface area contributed by atoms with E-state index in [4.69, 9.17) is 19.3 Å². The number of carbonyl (C=O) groups is 2. The minimum absolute atomic E-state index is 0.0184. The van der Waals surface area contributed by atoms with Gasteiger partial charge in [-0.25, -0.2) is 14.8 Å². The summed E-state index contributed by atoms with van der Waals surface area (Å²) in [6, 6.07) is 13.7. The van der Waals surface area contributed by atoms with Crippen LogP contribution in [0.1, 0.15) is 56.4 Å². The number of amides is 1. The Kier molecular flexibility index (Phi) is 9.75. The Balaban J connectivity index is 1.56. The SMILES string of the molecule is COc1cc2c(N[C@H](C)c3cc(-c4ccccc4CN(C)C(=O)OC(C)(C)C)cs3)nc(C)nc2cc1OCCC(=O)O. The van der Waals surface area contributed by atoms with Gasteiger partial charge in [0.25, 0.3) is 0 Å². The molecule has 2 N–H and O–H groups in total. The fourth-order valence-corrected chi connectivity index (χ4v) is 5.40. The van der Waals surface area contributed by atoms with E-state index in [0.717, 1.165) is 27.0 Å². The Hall–Kier alpha value is -4.38. The summed E-state index contributed by atoms with van der Waals surface area (Å²) in [5, 5.41) is 15.4. The molecule has 0 unspecified atom stereocenters. The molecule has 11 heteroatoms. The molecule has 0 saturated carbocycles. The molecule has 0 saturated heterocycles. The predicted octanol–water partition coefficient (Wildman–Crippen LogP) is 7.07. The van der Waals surface area contributed by atoms with Crippen molar-refractivity contribution in [3.05, 3.63) is 64.1 Å². The van der Waals surface area contributed by atoms with Gasteiger partial charge >= 0.3 is 12.1 Å². The largest absolute Gasteiger partial charge is 0.493 e. The number of anilines is 1. The predicted molar refractivity (Wildman–Crippen MR) is 168 cm³/mol. The van der Waals surface area contributed by atoms with Crippen molar-refractivity contribution in [2.75, 3.05) is 26.1 Å². The van der Waals surface area contributed by atoms with Crippen LogP contribution in [0.15, 0.2) is 47.8 Å². The van der Waals surface area contributed by atoms with Crippen molar-refractivity contribution in [3.8, 4) is 22.6 Å². The second kappa shape index (κ2) is 13.3. The molecule has 2 aromatic carbocycles. The van der Waals surface area contributed by atoms with E-state index < -0.39 is 11.6 Å². The molecule has 1 atom stereocenters. The molecule has 4 rings (SSSR count). The first-order chi connectivity index (χ1) is 20.3. The molecular weight excluding hydrogens is 568 g/mol. The molecule has 0 fully saturated rings. The first kappa shape index (κ1) is 31.6. The Morgan fingerprint density at radius 1 is 1.12 bits per heavy atom. The first-order valence-corrected chi connectivity index (χ1v) is 14.8. The van der Waals surface area contributed by atoms with Crippen LogP contribution in [0, 0.1) is 6.92 Å². The van der Waals surface area contributed by atoms with Crippen LogP contribution in [0.5, 0.6) is 11.5 Å². The molecule has 0 aliphatic heterocycles. The number of nitrogens with zero attached hydrogens (tertiary/aromatic N) is 3. The van der Waals surface area contributed by atoms with Crippen molar-refractivity contribution in [1.82, 2.24) is 14.9 Å². The van der Waals surface area contributed by atoms with Gasteiger partial charge < -0.3 is 29.5 Å². The van der Waals surface area contributed by atoms with E-state index in [1.54, 1.807) is 35.4 Å². The summed E-state index contributed by atoms with van der Waals surface area (Å²) in [4.78, 5) is 35.4. The number of benzene rings is 2. The second-order valence-electron chi connectivity index (χ2n) is 11.2. The quantitative estimate of drug-likeness (QED) is 0.185. The lowest BCUT2D eigenvalue weighted by Gasteiger charge is -2.25. The van der Waals surface area contributed by atoms with E-state index in [-0.39, 0.29) is 25.2 Å². The zero-order chi connectivity index (χ0) is 31.3. The molecule has 4 aromatic rings. The zero-order valence-corrected chi connectivity index (χ0v) is 26.4. The maximum atomic E-state index is 12.6. The lowest BCUT2D eigenvalue weighted by molar-refractivity contribution is -0.137. The molecule has 0 bridgehead atoms. The number of fused-ring (bicyclic) bond motifs is 1. The van der Waals surface area contributed by atoms with E-state index in [9.17, 15) is 9.59 Å². The molecule has 2 heterocycles. The average Bonchev–Trinajstić information content (AvgIpc) is 3.42. The normalized spacial score (nSPS) is 12.1. The highest BCUT2D eigenvalue weighted by Gasteiger charge is 2.21. The van der Waals surface area contributed by atoms with E-state index >= 15 is 0 Å². The molecule has 43 heavy (non-hydrogen) atoms. The van der Waals surface area contributed by atoms with Gasteiger partial charge in [-0.05, 0) is 68.8 Å². The molecule has 0 aliphatic carbocycles. The molecule has 0 aliphatic rings. The summed E-state index contributed by atoms with van der Waals surface area (Å²) in [6.07, 6.45) is -0.490. The highest BCUT2D eigenvalue weighted by Crippen LogP contribution is 2.37. The Bertz CT molecular complexity index is 1610. The van der Waals surface area contributed by atoms with Crippen LogP contribution in [-0.4, -0.2) is 58.4 Å². The monoisotopic (exact) mass is 606 g/mol. The van der Waals surface area contributed by atoms with Crippen molar-refractivity contribution in [3.63, 3.8) is 0 Å². The number of hydrogen-bond acceptors (Lipinski definition) is 9. The minimum Gasteiger partial charge on any atom is -0.493 e. The molecule has 0 radical (unpaired) electrons. The molecule has 2 aromatic heterocycles. The van der Waals surface area contributed by atoms with Crippen molar-refractivity contribution in [2.24, 2.45) is 0 Å². The highest BCUT2D eigenvalue weighted by atomic mass is 32.1. The first-order valence-electron chi connectivity index (χ1n) is 13.9. The van der Waals surface area contributed by atoms with Crippen molar-refractivity contribution < 1.29 is 28.9 Å². The van der Waals surface area contributed by atoms with Gasteiger partial charge in [-0.2, -0.15) is 0 Å². The summed E-state index contributed by atoms with van der Waals surface area (Å²) < 4.78 is 16.7. The summed E-state index contributed by atoms with van der Waals surface area (Å²) in [5.74, 6) is 1.19. The second-order valence-corrected chi connectivity index (χ2v) is 12.2. The molecule has 0 spiro atoms. The van der Waals surface area contributed by atoms with Crippen LogP contribution in [0.2, 0.25) is 0 Å². The Morgan fingerprint density at radius 2 is 1.86 bits per heavy atom. The number of carboxylic acid groups (broad SMARTS) is 1. The van der Waals surface area contributed by atoms with Gasteiger partial charge in [0, 0.05) is 29.9 Å². The van der Waals surface area contributed by atoms with Crippen LogP contribution < -0.4 is 14.8 Å². The maximum Gasteiger partial charge on any atom is 0.410 e. The fraction of sp³-hybridized carbons (Fsp3) is 0.375. The van der Waals surface area contributed by atoms with Gasteiger partial charge in [-0.15, -0.1) is 11.3 Å². The number of thiophene rings is 1. The molecular formula is C32H38N4O6S. The molecule has 1 amide bonds. The number of rotatable bonds is 11. The van der Waals surface area contributed by atoms with E-state index in [1.807, 2.05) is 45.9 Å². The number of aryl methyl sites for hydroxylation is 1. The summed E-state index contributed by atoms with van der Waals surface area (Å²) in [7, 11) is 3.27. The Morgan fingerprint density at radius 3 is 2.56 bits per heavy atom. The van der Waals surface area contributed by atoms with Crippen molar-refractivity contribution >= 4 is 40.1 Å². The summed E-state index contributed by atoms with van der Waals surface area (Å²) >= 11 is 1.64. The number of carboxylic acids is 1. The van der Waals surface area contributed by atoms with Crippen molar-refractivity contribution in [2.45, 2.75) is 59.2 Å². The number of methoxy groups -OCH3 is 1. The zero-order valence-electron chi connectivity index (χ0n) is 25.6. The highest BCUT2D eigenvalue weighted by molar-refractivity contribution is 7.10. The number of hydrogen-bond donors (Lipinski definition) is 2. The molecule has 228 valence electrons. The van der Waals surface area contributed by atoms with E-state index in [0.29, 0.717) is 35.2 Å². The van der Waals surface area contributed by atoms with Gasteiger partial charge in [-0.3, -0.25) is 4.79 Å². The lowest BCUT2D eigenvalue weighted by atomic mass is 10.0. The van der Waals surface area contributed by atoms with Gasteiger partial charge in [0.05, 0.1) is 31.7 Å². The third-order valence-corrected chi connectivity index (χ3v) is 7.62. The fourth-order valence-electron chi connectivity index (χ4n) is 4.48. The van der Waals surface area contributed by atoms with Crippen LogP contribution in [0.25, 0.3) is 22.0 Å². The minimum atomic E-state index is -0.938. The summed E-state index contributed by atoms with van der Waals surface area (Å²) in [6.45, 7) is 9.89. The standard InChI is InChI=1S/C32H38N4O6S/c1-19(33-30-24-15-26(40-7)27(41-13-12-29(37)38)16-25(24)34-20(2)35-30)28-14-22(18-43-28)23-11-9-8-10-21(23)17-36(6)31(39)42-32(3,4)5/h8-11,14-16,18-19H,12-13,17H2,1-7H3,(H,37,38)(H,33,34,35)/t19-/m1/s1. The smallest absolute Gasteiger partial charge is 0.410 e. The third kappa shape index (κ3) is 8.13. The Labute approximate surface area is 255 Å². The summed E-state index contributed by atoms with van der Waals surface area (Å²) in [5.41, 5.74) is 3.23. The number of aromatic nitrogens is 2. The number of ether oxygens (including phenoxy) is 3. The van der Waals surface area contributed by atoms with Gasteiger partial charge in [0.2, 0.25) is 0 Å². The van der Waals surface area contributed by atoms with Gasteiger partial charge in [0.15, 0.2) is 11.5 Å². The van der Waals surface area contributed by atoms with Gasteiger partial charge in [0.1, 0.15) is 17.2 Å². The number of aliphatic carboxylic acids is 1. The van der Waals surface area contributed by atoms with Gasteiger partial charge in [-0.1, -0.05) is 24.3 Å². The number of nitrogens with one attached hydrogen (secondary N) is 1. The average molecular weight is 607 g/mol. The number of carbonyl (C=O) groups excluding carboxylic acids is 1. The maximum absolute atomic E-state index is 12.6. The third-order valence-electron chi connectivity index (χ3n) is 6.51.